The second-order valence-electron chi connectivity index (χ2n) is 4.28. The molecule has 3 heteroatoms. The lowest BCUT2D eigenvalue weighted by atomic mass is 10.1. The van der Waals surface area contributed by atoms with E-state index in [2.05, 4.69) is 19.2 Å². The molecule has 1 aromatic carbocycles. The molecule has 0 aromatic heterocycles. The van der Waals surface area contributed by atoms with Gasteiger partial charge in [-0.2, -0.15) is 0 Å². The number of ether oxygens (including phenoxy) is 1. The number of phenolic OH excluding ortho intramolecular Hbond substituents is 1. The maximum atomic E-state index is 9.62. The first-order valence-corrected chi connectivity index (χ1v) is 4.76. The Labute approximate surface area is 83.7 Å². The molecule has 0 amide bonds. The zero-order chi connectivity index (χ0) is 10.2. The molecule has 1 unspecified atom stereocenters. The van der Waals surface area contributed by atoms with Crippen molar-refractivity contribution in [3.8, 4) is 5.75 Å². The minimum Gasteiger partial charge on any atom is -0.508 e. The minimum absolute atomic E-state index is 0.0209. The number of benzene rings is 1. The Hall–Kier alpha value is -1.06. The van der Waals surface area contributed by atoms with Crippen LogP contribution < -0.4 is 5.32 Å². The van der Waals surface area contributed by atoms with Crippen molar-refractivity contribution in [1.82, 2.24) is 5.32 Å². The van der Waals surface area contributed by atoms with Gasteiger partial charge in [0, 0.05) is 11.1 Å². The highest BCUT2D eigenvalue weighted by Gasteiger charge is 2.32. The van der Waals surface area contributed by atoms with Crippen molar-refractivity contribution < 1.29 is 9.84 Å². The molecule has 2 rings (SSSR count). The Bertz CT molecular complexity index is 336. The van der Waals surface area contributed by atoms with Gasteiger partial charge in [-0.05, 0) is 19.9 Å². The minimum atomic E-state index is -0.189. The lowest BCUT2D eigenvalue weighted by molar-refractivity contribution is 0.0968. The Kier molecular flexibility index (Phi) is 2.21. The zero-order valence-electron chi connectivity index (χ0n) is 8.45. The SMILES string of the molecule is CC1(C)COC(c2ccccc2O)N1. The predicted molar refractivity (Wildman–Crippen MR) is 54.0 cm³/mol. The van der Waals surface area contributed by atoms with Crippen molar-refractivity contribution in [1.29, 1.82) is 0 Å². The molecular weight excluding hydrogens is 178 g/mol. The molecule has 1 saturated heterocycles. The third-order valence-electron chi connectivity index (χ3n) is 2.35. The maximum absolute atomic E-state index is 9.62. The number of hydrogen-bond donors (Lipinski definition) is 2. The molecule has 0 saturated carbocycles. The third kappa shape index (κ3) is 1.74. The Morgan fingerprint density at radius 1 is 1.43 bits per heavy atom. The lowest BCUT2D eigenvalue weighted by Crippen LogP contribution is -2.35. The fraction of sp³-hybridized carbons (Fsp3) is 0.455. The van der Waals surface area contributed by atoms with E-state index >= 15 is 0 Å². The number of phenols is 1. The molecule has 0 spiro atoms. The van der Waals surface area contributed by atoms with Crippen molar-refractivity contribution in [2.45, 2.75) is 25.6 Å². The summed E-state index contributed by atoms with van der Waals surface area (Å²) in [7, 11) is 0. The van der Waals surface area contributed by atoms with E-state index in [1.54, 1.807) is 12.1 Å². The van der Waals surface area contributed by atoms with Gasteiger partial charge in [-0.1, -0.05) is 18.2 Å². The molecule has 76 valence electrons. The largest absolute Gasteiger partial charge is 0.508 e. The number of hydrogen-bond acceptors (Lipinski definition) is 3. The molecule has 14 heavy (non-hydrogen) atoms. The van der Waals surface area contributed by atoms with Crippen molar-refractivity contribution in [3.05, 3.63) is 29.8 Å². The first-order chi connectivity index (χ1) is 6.58. The summed E-state index contributed by atoms with van der Waals surface area (Å²) in [5.41, 5.74) is 0.783. The highest BCUT2D eigenvalue weighted by molar-refractivity contribution is 5.34. The number of nitrogens with one attached hydrogen (secondary N) is 1. The maximum Gasteiger partial charge on any atom is 0.138 e. The normalized spacial score (nSPS) is 25.1. The molecule has 0 radical (unpaired) electrons. The molecular formula is C11H15NO2. The topological polar surface area (TPSA) is 41.5 Å². The highest BCUT2D eigenvalue weighted by atomic mass is 16.5. The highest BCUT2D eigenvalue weighted by Crippen LogP contribution is 2.30. The van der Waals surface area contributed by atoms with Crippen molar-refractivity contribution in [2.75, 3.05) is 6.61 Å². The molecule has 1 aromatic rings. The summed E-state index contributed by atoms with van der Waals surface area (Å²) >= 11 is 0. The van der Waals surface area contributed by atoms with Crippen LogP contribution in [0, 0.1) is 0 Å². The van der Waals surface area contributed by atoms with Crippen molar-refractivity contribution in [3.63, 3.8) is 0 Å². The molecule has 3 nitrogen and oxygen atoms in total. The van der Waals surface area contributed by atoms with Gasteiger partial charge in [0.05, 0.1) is 6.61 Å². The van der Waals surface area contributed by atoms with Gasteiger partial charge in [-0.15, -0.1) is 0 Å². The van der Waals surface area contributed by atoms with Crippen LogP contribution in [0.25, 0.3) is 0 Å². The van der Waals surface area contributed by atoms with E-state index in [0.29, 0.717) is 6.61 Å². The van der Waals surface area contributed by atoms with Crippen molar-refractivity contribution >= 4 is 0 Å². The van der Waals surface area contributed by atoms with E-state index in [-0.39, 0.29) is 17.5 Å². The van der Waals surface area contributed by atoms with E-state index < -0.39 is 0 Å². The van der Waals surface area contributed by atoms with Gasteiger partial charge < -0.3 is 9.84 Å². The fourth-order valence-electron chi connectivity index (χ4n) is 1.61. The van der Waals surface area contributed by atoms with Gasteiger partial charge in [0.2, 0.25) is 0 Å². The molecule has 1 aliphatic heterocycles. The monoisotopic (exact) mass is 193 g/mol. The predicted octanol–water partition coefficient (Wildman–Crippen LogP) is 1.79. The molecule has 1 fully saturated rings. The Balaban J connectivity index is 2.22. The van der Waals surface area contributed by atoms with Gasteiger partial charge in [0.1, 0.15) is 12.0 Å². The van der Waals surface area contributed by atoms with Crippen LogP contribution in [0.15, 0.2) is 24.3 Å². The molecule has 1 heterocycles. The van der Waals surface area contributed by atoms with Gasteiger partial charge in [0.15, 0.2) is 0 Å². The van der Waals surface area contributed by atoms with Crippen LogP contribution in [0.1, 0.15) is 25.6 Å². The second-order valence-corrected chi connectivity index (χ2v) is 4.28. The van der Waals surface area contributed by atoms with E-state index in [9.17, 15) is 5.11 Å². The summed E-state index contributed by atoms with van der Waals surface area (Å²) in [5, 5.41) is 12.9. The van der Waals surface area contributed by atoms with E-state index in [1.165, 1.54) is 0 Å². The first-order valence-electron chi connectivity index (χ1n) is 4.76. The second kappa shape index (κ2) is 3.26. The molecule has 2 N–H and O–H groups in total. The number of rotatable bonds is 1. The van der Waals surface area contributed by atoms with E-state index in [4.69, 9.17) is 4.74 Å². The molecule has 1 aliphatic rings. The number of para-hydroxylation sites is 1. The quantitative estimate of drug-likeness (QED) is 0.714. The molecule has 0 aliphatic carbocycles. The summed E-state index contributed by atoms with van der Waals surface area (Å²) in [4.78, 5) is 0. The van der Waals surface area contributed by atoms with Gasteiger partial charge in [-0.3, -0.25) is 5.32 Å². The van der Waals surface area contributed by atoms with Gasteiger partial charge in [0.25, 0.3) is 0 Å². The van der Waals surface area contributed by atoms with Gasteiger partial charge in [-0.25, -0.2) is 0 Å². The van der Waals surface area contributed by atoms with Crippen LogP contribution in [-0.4, -0.2) is 17.3 Å². The standard InChI is InChI=1S/C11H15NO2/c1-11(2)7-14-10(12-11)8-5-3-4-6-9(8)13/h3-6,10,12-13H,7H2,1-2H3. The third-order valence-corrected chi connectivity index (χ3v) is 2.35. The average molecular weight is 193 g/mol. The van der Waals surface area contributed by atoms with Crippen LogP contribution in [0.3, 0.4) is 0 Å². The summed E-state index contributed by atoms with van der Waals surface area (Å²) in [6.07, 6.45) is -0.189. The summed E-state index contributed by atoms with van der Waals surface area (Å²) in [6, 6.07) is 7.24. The first kappa shape index (κ1) is 9.49. The van der Waals surface area contributed by atoms with E-state index in [0.717, 1.165) is 5.56 Å². The van der Waals surface area contributed by atoms with Crippen LogP contribution in [0.2, 0.25) is 0 Å². The smallest absolute Gasteiger partial charge is 0.138 e. The van der Waals surface area contributed by atoms with Crippen LogP contribution >= 0.6 is 0 Å². The van der Waals surface area contributed by atoms with Crippen molar-refractivity contribution in [2.24, 2.45) is 0 Å². The average Bonchev–Trinajstić information content (AvgIpc) is 2.47. The number of aromatic hydroxyl groups is 1. The molecule has 0 bridgehead atoms. The van der Waals surface area contributed by atoms with Crippen LogP contribution in [-0.2, 0) is 4.74 Å². The zero-order valence-corrected chi connectivity index (χ0v) is 8.45. The summed E-state index contributed by atoms with van der Waals surface area (Å²) in [6.45, 7) is 4.81. The molecule has 1 atom stereocenters. The van der Waals surface area contributed by atoms with Crippen LogP contribution in [0.4, 0.5) is 0 Å². The van der Waals surface area contributed by atoms with Gasteiger partial charge >= 0.3 is 0 Å². The fourth-order valence-corrected chi connectivity index (χ4v) is 1.61. The Morgan fingerprint density at radius 3 is 2.71 bits per heavy atom. The van der Waals surface area contributed by atoms with E-state index in [1.807, 2.05) is 12.1 Å². The lowest BCUT2D eigenvalue weighted by Gasteiger charge is -2.17. The Morgan fingerprint density at radius 2 is 2.14 bits per heavy atom. The summed E-state index contributed by atoms with van der Waals surface area (Å²) in [5.74, 6) is 0.280. The van der Waals surface area contributed by atoms with Crippen LogP contribution in [0.5, 0.6) is 5.75 Å². The summed E-state index contributed by atoms with van der Waals surface area (Å²) < 4.78 is 5.56.